The molecule has 0 saturated carbocycles. The first-order valence-corrected chi connectivity index (χ1v) is 2.71. The van der Waals surface area contributed by atoms with Gasteiger partial charge in [-0.2, -0.15) is 0 Å². The van der Waals surface area contributed by atoms with Gasteiger partial charge in [0, 0.05) is 12.4 Å². The number of nitrogens with zero attached hydrogens (tertiary/aromatic N) is 4. The number of hydrogen-bond acceptors (Lipinski definition) is 4. The molecule has 2 rings (SSSR count). The second kappa shape index (κ2) is 1.41. The molecule has 0 atom stereocenters. The van der Waals surface area contributed by atoms with E-state index in [0.717, 1.165) is 0 Å². The number of nitrogens with two attached hydrogens (primary N) is 2. The lowest BCUT2D eigenvalue weighted by atomic mass is 10.9. The van der Waals surface area contributed by atoms with Crippen molar-refractivity contribution in [2.75, 3.05) is 11.6 Å². The summed E-state index contributed by atoms with van der Waals surface area (Å²) >= 11 is 0. The van der Waals surface area contributed by atoms with E-state index in [1.165, 1.54) is 4.68 Å². The Morgan fingerprint density at radius 1 is 1.30 bits per heavy atom. The van der Waals surface area contributed by atoms with Crippen molar-refractivity contribution in [1.82, 2.24) is 19.3 Å². The van der Waals surface area contributed by atoms with Crippen LogP contribution < -0.4 is 11.6 Å². The van der Waals surface area contributed by atoms with Gasteiger partial charge < -0.3 is 11.6 Å². The zero-order valence-corrected chi connectivity index (χ0v) is 5.10. The predicted octanol–water partition coefficient (Wildman–Crippen LogP) is -1.17. The molecule has 10 heavy (non-hydrogen) atoms. The fraction of sp³-hybridized carbons (Fsp3) is 0. The molecule has 0 aliphatic carbocycles. The largest absolute Gasteiger partial charge is 0.368 e. The van der Waals surface area contributed by atoms with E-state index in [-0.39, 0.29) is 0 Å². The predicted molar refractivity (Wildman–Crippen MR) is 35.5 cm³/mol. The van der Waals surface area contributed by atoms with Crippen LogP contribution in [-0.2, 0) is 0 Å². The van der Waals surface area contributed by atoms with Crippen molar-refractivity contribution in [1.29, 1.82) is 0 Å². The molecule has 2 heterocycles. The van der Waals surface area contributed by atoms with Crippen LogP contribution >= 0.6 is 0 Å². The smallest absolute Gasteiger partial charge is 0.255 e. The Bertz CT molecular complexity index is 321. The van der Waals surface area contributed by atoms with E-state index in [2.05, 4.69) is 10.2 Å². The summed E-state index contributed by atoms with van der Waals surface area (Å²) in [4.78, 5) is 0. The van der Waals surface area contributed by atoms with Crippen molar-refractivity contribution in [3.05, 3.63) is 12.4 Å². The number of rotatable bonds is 0. The molecule has 52 valence electrons. The molecule has 0 aliphatic rings. The Morgan fingerprint density at radius 3 is 2.80 bits per heavy atom. The Hall–Kier alpha value is -1.72. The number of nitrogen functional groups attached to an aromatic ring is 2. The van der Waals surface area contributed by atoms with Crippen molar-refractivity contribution in [2.45, 2.75) is 0 Å². The van der Waals surface area contributed by atoms with Crippen LogP contribution in [0.3, 0.4) is 0 Å². The summed E-state index contributed by atoms with van der Waals surface area (Å²) in [5.41, 5.74) is 5.41. The van der Waals surface area contributed by atoms with Crippen LogP contribution in [0, 0.1) is 0 Å². The molecule has 6 heteroatoms. The molecular weight excluding hydrogens is 132 g/mol. The Kier molecular flexibility index (Phi) is 0.717. The van der Waals surface area contributed by atoms with Crippen LogP contribution in [0.4, 0.5) is 5.95 Å². The number of aromatic nitrogens is 4. The minimum Gasteiger partial charge on any atom is -0.368 e. The molecule has 0 radical (unpaired) electrons. The van der Waals surface area contributed by atoms with Gasteiger partial charge in [0.2, 0.25) is 5.95 Å². The number of fused-ring (bicyclic) bond motifs is 1. The van der Waals surface area contributed by atoms with E-state index in [4.69, 9.17) is 11.6 Å². The average Bonchev–Trinajstić information content (AvgIpc) is 2.41. The van der Waals surface area contributed by atoms with Gasteiger partial charge >= 0.3 is 0 Å². The highest BCUT2D eigenvalue weighted by Crippen LogP contribution is 2.01. The lowest BCUT2D eigenvalue weighted by molar-refractivity contribution is 0.994. The zero-order chi connectivity index (χ0) is 7.14. The Balaban J connectivity index is 2.95. The second-order valence-corrected chi connectivity index (χ2v) is 1.93. The minimum atomic E-state index is 0.346. The van der Waals surface area contributed by atoms with Crippen LogP contribution in [0.25, 0.3) is 5.78 Å². The average molecular weight is 138 g/mol. The van der Waals surface area contributed by atoms with Crippen LogP contribution in [-0.4, -0.2) is 19.3 Å². The molecular formula is C4H6N6. The molecule has 0 fully saturated rings. The van der Waals surface area contributed by atoms with Gasteiger partial charge in [-0.3, -0.25) is 4.40 Å². The molecule has 2 aromatic rings. The zero-order valence-electron chi connectivity index (χ0n) is 5.10. The van der Waals surface area contributed by atoms with Crippen LogP contribution in [0.5, 0.6) is 0 Å². The summed E-state index contributed by atoms with van der Waals surface area (Å²) in [5.74, 6) is 6.31. The fourth-order valence-electron chi connectivity index (χ4n) is 0.819. The molecule has 6 nitrogen and oxygen atoms in total. The third kappa shape index (κ3) is 0.426. The van der Waals surface area contributed by atoms with Gasteiger partial charge in [-0.05, 0) is 0 Å². The number of imidazole rings is 1. The molecule has 0 aliphatic heterocycles. The van der Waals surface area contributed by atoms with Crippen molar-refractivity contribution in [3.63, 3.8) is 0 Å². The van der Waals surface area contributed by atoms with E-state index >= 15 is 0 Å². The van der Waals surface area contributed by atoms with E-state index in [1.807, 2.05) is 0 Å². The summed E-state index contributed by atoms with van der Waals surface area (Å²) in [6, 6.07) is 0. The standard InChI is InChI=1S/C4H6N6/c5-3-7-8-4-9(3)1-2-10(4)6/h1-2H,6H2,(H2,5,7). The van der Waals surface area contributed by atoms with E-state index in [1.54, 1.807) is 16.8 Å². The summed E-state index contributed by atoms with van der Waals surface area (Å²) in [7, 11) is 0. The molecule has 4 N–H and O–H groups in total. The van der Waals surface area contributed by atoms with E-state index in [9.17, 15) is 0 Å². The monoisotopic (exact) mass is 138 g/mol. The molecule has 0 bridgehead atoms. The van der Waals surface area contributed by atoms with Gasteiger partial charge in [0.15, 0.2) is 0 Å². The van der Waals surface area contributed by atoms with Gasteiger partial charge in [0.05, 0.1) is 0 Å². The highest BCUT2D eigenvalue weighted by molar-refractivity contribution is 5.37. The molecule has 2 aromatic heterocycles. The van der Waals surface area contributed by atoms with Gasteiger partial charge in [0.1, 0.15) is 0 Å². The van der Waals surface area contributed by atoms with Crippen molar-refractivity contribution < 1.29 is 0 Å². The Labute approximate surface area is 56.0 Å². The molecule has 0 amide bonds. The second-order valence-electron chi connectivity index (χ2n) is 1.93. The first-order valence-electron chi connectivity index (χ1n) is 2.71. The van der Waals surface area contributed by atoms with Crippen LogP contribution in [0.2, 0.25) is 0 Å². The van der Waals surface area contributed by atoms with E-state index < -0.39 is 0 Å². The van der Waals surface area contributed by atoms with Gasteiger partial charge in [-0.25, -0.2) is 4.68 Å². The minimum absolute atomic E-state index is 0.346. The first-order chi connectivity index (χ1) is 4.79. The lowest BCUT2D eigenvalue weighted by Gasteiger charge is -1.85. The summed E-state index contributed by atoms with van der Waals surface area (Å²) in [6.07, 6.45) is 3.35. The van der Waals surface area contributed by atoms with Crippen molar-refractivity contribution >= 4 is 11.7 Å². The topological polar surface area (TPSA) is 87.2 Å². The first kappa shape index (κ1) is 5.10. The van der Waals surface area contributed by atoms with Gasteiger partial charge in [-0.1, -0.05) is 0 Å². The summed E-state index contributed by atoms with van der Waals surface area (Å²) in [6.45, 7) is 0. The third-order valence-corrected chi connectivity index (χ3v) is 1.31. The highest BCUT2D eigenvalue weighted by Gasteiger charge is 2.02. The Morgan fingerprint density at radius 2 is 2.10 bits per heavy atom. The van der Waals surface area contributed by atoms with E-state index in [0.29, 0.717) is 11.7 Å². The lowest BCUT2D eigenvalue weighted by Crippen LogP contribution is -2.06. The maximum Gasteiger partial charge on any atom is 0.255 e. The maximum atomic E-state index is 5.43. The third-order valence-electron chi connectivity index (χ3n) is 1.31. The number of hydrogen-bond donors (Lipinski definition) is 2. The highest BCUT2D eigenvalue weighted by atomic mass is 15.4. The van der Waals surface area contributed by atoms with Crippen LogP contribution in [0.15, 0.2) is 12.4 Å². The van der Waals surface area contributed by atoms with Crippen molar-refractivity contribution in [3.8, 4) is 0 Å². The summed E-state index contributed by atoms with van der Waals surface area (Å²) < 4.78 is 2.95. The summed E-state index contributed by atoms with van der Waals surface area (Å²) in [5, 5.41) is 7.31. The van der Waals surface area contributed by atoms with Gasteiger partial charge in [-0.15, -0.1) is 10.2 Å². The molecule has 0 saturated heterocycles. The molecule has 0 spiro atoms. The van der Waals surface area contributed by atoms with Crippen molar-refractivity contribution in [2.24, 2.45) is 0 Å². The number of anilines is 1. The fourth-order valence-corrected chi connectivity index (χ4v) is 0.819. The molecule has 0 unspecified atom stereocenters. The van der Waals surface area contributed by atoms with Gasteiger partial charge in [0.25, 0.3) is 5.78 Å². The van der Waals surface area contributed by atoms with Crippen LogP contribution in [0.1, 0.15) is 0 Å². The maximum absolute atomic E-state index is 5.43. The normalized spacial score (nSPS) is 10.8. The quantitative estimate of drug-likeness (QED) is 0.449. The SMILES string of the molecule is Nc1nnc2n(N)ccn12. The molecule has 0 aromatic carbocycles.